The van der Waals surface area contributed by atoms with Crippen molar-refractivity contribution >= 4 is 11.8 Å². The number of piperazine rings is 1. The van der Waals surface area contributed by atoms with Gasteiger partial charge in [-0.15, -0.1) is 0 Å². The molecule has 1 saturated heterocycles. The Balaban J connectivity index is 2.27. The molecule has 0 bridgehead atoms. The van der Waals surface area contributed by atoms with Crippen LogP contribution in [-0.4, -0.2) is 35.9 Å². The van der Waals surface area contributed by atoms with Gasteiger partial charge >= 0.3 is 0 Å². The Labute approximate surface area is 118 Å². The van der Waals surface area contributed by atoms with Gasteiger partial charge in [-0.05, 0) is 26.8 Å². The maximum Gasteiger partial charge on any atom is 0.248 e. The third kappa shape index (κ3) is 2.76. The molecule has 1 heterocycles. The van der Waals surface area contributed by atoms with Gasteiger partial charge in [0.05, 0.1) is 13.7 Å². The van der Waals surface area contributed by atoms with Gasteiger partial charge in [0.1, 0.15) is 11.3 Å². The van der Waals surface area contributed by atoms with Gasteiger partial charge in [0.2, 0.25) is 11.8 Å². The molecule has 1 aliphatic rings. The average Bonchev–Trinajstić information content (AvgIpc) is 2.35. The van der Waals surface area contributed by atoms with Crippen LogP contribution in [0, 0.1) is 6.92 Å². The van der Waals surface area contributed by atoms with E-state index < -0.39 is 5.54 Å². The van der Waals surface area contributed by atoms with Gasteiger partial charge in [-0.2, -0.15) is 0 Å². The monoisotopic (exact) mass is 276 g/mol. The van der Waals surface area contributed by atoms with Crippen LogP contribution in [0.1, 0.15) is 25.0 Å². The molecule has 1 N–H and O–H groups in total. The normalized spacial score (nSPS) is 17.9. The summed E-state index contributed by atoms with van der Waals surface area (Å²) in [6, 6.07) is 5.81. The van der Waals surface area contributed by atoms with Crippen molar-refractivity contribution in [3.63, 3.8) is 0 Å². The largest absolute Gasteiger partial charge is 0.496 e. The molecule has 2 amide bonds. The first-order valence-electron chi connectivity index (χ1n) is 6.57. The van der Waals surface area contributed by atoms with E-state index in [1.54, 1.807) is 25.9 Å². The Morgan fingerprint density at radius 3 is 2.70 bits per heavy atom. The van der Waals surface area contributed by atoms with Crippen molar-refractivity contribution in [2.45, 2.75) is 32.9 Å². The first-order chi connectivity index (χ1) is 9.33. The summed E-state index contributed by atoms with van der Waals surface area (Å²) in [5, 5.41) is 2.70. The van der Waals surface area contributed by atoms with Crippen molar-refractivity contribution < 1.29 is 14.3 Å². The standard InChI is InChI=1S/C15H20N2O3/c1-10-5-6-12(20-4)11(7-10)8-17-9-13(18)16-15(2,3)14(17)19/h5-7H,8-9H2,1-4H3,(H,16,18). The fourth-order valence-corrected chi connectivity index (χ4v) is 2.45. The molecule has 0 aromatic heterocycles. The number of nitrogens with one attached hydrogen (secondary N) is 1. The quantitative estimate of drug-likeness (QED) is 0.903. The Morgan fingerprint density at radius 1 is 1.35 bits per heavy atom. The summed E-state index contributed by atoms with van der Waals surface area (Å²) in [5.74, 6) is 0.508. The number of rotatable bonds is 3. The third-order valence-corrected chi connectivity index (χ3v) is 3.41. The highest BCUT2D eigenvalue weighted by atomic mass is 16.5. The van der Waals surface area contributed by atoms with Crippen LogP contribution in [0.25, 0.3) is 0 Å². The molecule has 0 saturated carbocycles. The molecule has 1 aliphatic heterocycles. The minimum Gasteiger partial charge on any atom is -0.496 e. The SMILES string of the molecule is COc1ccc(C)cc1CN1CC(=O)NC(C)(C)C1=O. The molecule has 5 nitrogen and oxygen atoms in total. The molecule has 1 aromatic rings. The molecule has 1 aromatic carbocycles. The maximum absolute atomic E-state index is 12.4. The zero-order valence-electron chi connectivity index (χ0n) is 12.3. The van der Waals surface area contributed by atoms with Crippen molar-refractivity contribution in [3.05, 3.63) is 29.3 Å². The van der Waals surface area contributed by atoms with Crippen molar-refractivity contribution in [2.24, 2.45) is 0 Å². The highest BCUT2D eigenvalue weighted by Gasteiger charge is 2.39. The Kier molecular flexibility index (Phi) is 3.70. The van der Waals surface area contributed by atoms with E-state index in [0.29, 0.717) is 6.54 Å². The number of amides is 2. The second-order valence-corrected chi connectivity index (χ2v) is 5.65. The van der Waals surface area contributed by atoms with Gasteiger partial charge in [0.25, 0.3) is 0 Å². The van der Waals surface area contributed by atoms with E-state index in [4.69, 9.17) is 4.74 Å². The molecule has 20 heavy (non-hydrogen) atoms. The lowest BCUT2D eigenvalue weighted by Gasteiger charge is -2.37. The molecular formula is C15H20N2O3. The number of hydrogen-bond donors (Lipinski definition) is 1. The van der Waals surface area contributed by atoms with E-state index in [-0.39, 0.29) is 18.4 Å². The Morgan fingerprint density at radius 2 is 2.05 bits per heavy atom. The average molecular weight is 276 g/mol. The van der Waals surface area contributed by atoms with Gasteiger partial charge in [-0.25, -0.2) is 0 Å². The fourth-order valence-electron chi connectivity index (χ4n) is 2.45. The Hall–Kier alpha value is -2.04. The first kappa shape index (κ1) is 14.4. The van der Waals surface area contributed by atoms with E-state index in [9.17, 15) is 9.59 Å². The second kappa shape index (κ2) is 5.15. The molecule has 5 heteroatoms. The van der Waals surface area contributed by atoms with Crippen molar-refractivity contribution in [2.75, 3.05) is 13.7 Å². The molecule has 0 spiro atoms. The summed E-state index contributed by atoms with van der Waals surface area (Å²) >= 11 is 0. The Bertz CT molecular complexity index is 552. The van der Waals surface area contributed by atoms with Gasteiger partial charge in [-0.3, -0.25) is 9.59 Å². The molecule has 108 valence electrons. The zero-order valence-corrected chi connectivity index (χ0v) is 12.3. The smallest absolute Gasteiger partial charge is 0.248 e. The lowest BCUT2D eigenvalue weighted by molar-refractivity contribution is -0.148. The van der Waals surface area contributed by atoms with Gasteiger partial charge in [0.15, 0.2) is 0 Å². The zero-order chi connectivity index (χ0) is 14.9. The van der Waals surface area contributed by atoms with Crippen molar-refractivity contribution in [1.29, 1.82) is 0 Å². The molecule has 0 aliphatic carbocycles. The van der Waals surface area contributed by atoms with Crippen LogP contribution in [-0.2, 0) is 16.1 Å². The molecule has 1 fully saturated rings. The van der Waals surface area contributed by atoms with E-state index in [0.717, 1.165) is 16.9 Å². The van der Waals surface area contributed by atoms with E-state index >= 15 is 0 Å². The minimum absolute atomic E-state index is 0.0827. The maximum atomic E-state index is 12.4. The topological polar surface area (TPSA) is 58.6 Å². The van der Waals surface area contributed by atoms with Crippen LogP contribution in [0.15, 0.2) is 18.2 Å². The second-order valence-electron chi connectivity index (χ2n) is 5.65. The number of nitrogens with zero attached hydrogens (tertiary/aromatic N) is 1. The van der Waals surface area contributed by atoms with E-state index in [2.05, 4.69) is 5.32 Å². The van der Waals surface area contributed by atoms with Gasteiger partial charge in [0, 0.05) is 12.1 Å². The predicted molar refractivity (Wildman–Crippen MR) is 75.4 cm³/mol. The first-order valence-corrected chi connectivity index (χ1v) is 6.57. The molecule has 0 unspecified atom stereocenters. The number of carbonyl (C=O) groups excluding carboxylic acids is 2. The van der Waals surface area contributed by atoms with E-state index in [1.165, 1.54) is 0 Å². The summed E-state index contributed by atoms with van der Waals surface area (Å²) in [4.78, 5) is 25.6. The van der Waals surface area contributed by atoms with Crippen LogP contribution in [0.2, 0.25) is 0 Å². The van der Waals surface area contributed by atoms with Crippen LogP contribution in [0.3, 0.4) is 0 Å². The fraction of sp³-hybridized carbons (Fsp3) is 0.467. The van der Waals surface area contributed by atoms with Crippen LogP contribution >= 0.6 is 0 Å². The van der Waals surface area contributed by atoms with Crippen LogP contribution in [0.5, 0.6) is 5.75 Å². The van der Waals surface area contributed by atoms with Crippen LogP contribution in [0.4, 0.5) is 0 Å². The van der Waals surface area contributed by atoms with Crippen molar-refractivity contribution in [1.82, 2.24) is 10.2 Å². The molecule has 0 atom stereocenters. The van der Waals surface area contributed by atoms with E-state index in [1.807, 2.05) is 25.1 Å². The summed E-state index contributed by atoms with van der Waals surface area (Å²) < 4.78 is 5.32. The lowest BCUT2D eigenvalue weighted by atomic mass is 9.99. The number of hydrogen-bond acceptors (Lipinski definition) is 3. The number of ether oxygens (including phenoxy) is 1. The van der Waals surface area contributed by atoms with Gasteiger partial charge in [-0.1, -0.05) is 17.7 Å². The summed E-state index contributed by atoms with van der Waals surface area (Å²) in [7, 11) is 1.60. The molecule has 0 radical (unpaired) electrons. The summed E-state index contributed by atoms with van der Waals surface area (Å²) in [6.45, 7) is 5.87. The number of benzene rings is 1. The molecule has 2 rings (SSSR count). The molecular weight excluding hydrogens is 256 g/mol. The number of methoxy groups -OCH3 is 1. The van der Waals surface area contributed by atoms with Gasteiger partial charge < -0.3 is 15.0 Å². The minimum atomic E-state index is -0.855. The number of aryl methyl sites for hydroxylation is 1. The third-order valence-electron chi connectivity index (χ3n) is 3.41. The highest BCUT2D eigenvalue weighted by molar-refractivity contribution is 5.97. The predicted octanol–water partition coefficient (Wildman–Crippen LogP) is 1.24. The summed E-state index contributed by atoms with van der Waals surface area (Å²) in [5.41, 5.74) is 1.15. The number of carbonyl (C=O) groups is 2. The summed E-state index contributed by atoms with van der Waals surface area (Å²) in [6.07, 6.45) is 0. The highest BCUT2D eigenvalue weighted by Crippen LogP contribution is 2.23. The van der Waals surface area contributed by atoms with Crippen LogP contribution < -0.4 is 10.1 Å². The van der Waals surface area contributed by atoms with Crippen molar-refractivity contribution in [3.8, 4) is 5.75 Å². The lowest BCUT2D eigenvalue weighted by Crippen LogP contribution is -2.63.